The average Bonchev–Trinajstić information content (AvgIpc) is 2.77. The lowest BCUT2D eigenvalue weighted by atomic mass is 10.1. The molecule has 0 saturated heterocycles. The van der Waals surface area contributed by atoms with Crippen LogP contribution in [-0.2, 0) is 4.74 Å². The van der Waals surface area contributed by atoms with Crippen molar-refractivity contribution in [1.82, 2.24) is 0 Å². The molecule has 0 N–H and O–H groups in total. The van der Waals surface area contributed by atoms with Gasteiger partial charge in [0, 0.05) is 0 Å². The van der Waals surface area contributed by atoms with Crippen LogP contribution in [0.3, 0.4) is 0 Å². The minimum absolute atomic E-state index is 0.220. The number of carbonyl (C=O) groups is 2. The lowest BCUT2D eigenvalue weighted by molar-refractivity contribution is 0.0489. The van der Waals surface area contributed by atoms with Crippen LogP contribution in [-0.4, -0.2) is 18.5 Å². The molecule has 0 aliphatic carbocycles. The van der Waals surface area contributed by atoms with E-state index in [1.807, 2.05) is 26.0 Å². The number of hydrogen-bond donors (Lipinski definition) is 0. The van der Waals surface area contributed by atoms with Crippen molar-refractivity contribution >= 4 is 11.9 Å². The predicted molar refractivity (Wildman–Crippen MR) is 125 cm³/mol. The second-order valence-electron chi connectivity index (χ2n) is 8.15. The number of aryl methyl sites for hydroxylation is 2. The number of hydrogen-bond acceptors (Lipinski definition) is 4. The maximum Gasteiger partial charge on any atom is 0.344 e. The predicted octanol–water partition coefficient (Wildman–Crippen LogP) is 7.21. The summed E-state index contributed by atoms with van der Waals surface area (Å²) < 4.78 is 10.9. The SMILES string of the molecule is CCCCCCCCCCCOC(=O)c1ccccc1C(=O)Oc1ccc(C)c(C)c1. The molecule has 168 valence electrons. The van der Waals surface area contributed by atoms with Crippen LogP contribution in [0.2, 0.25) is 0 Å². The number of esters is 2. The normalized spacial score (nSPS) is 10.7. The molecule has 2 rings (SSSR count). The third-order valence-corrected chi connectivity index (χ3v) is 5.54. The van der Waals surface area contributed by atoms with Crippen molar-refractivity contribution in [1.29, 1.82) is 0 Å². The molecule has 0 bridgehead atoms. The summed E-state index contributed by atoms with van der Waals surface area (Å²) in [6.45, 7) is 6.56. The maximum absolute atomic E-state index is 12.6. The van der Waals surface area contributed by atoms with Crippen LogP contribution in [0.15, 0.2) is 42.5 Å². The zero-order valence-corrected chi connectivity index (χ0v) is 19.2. The van der Waals surface area contributed by atoms with Gasteiger partial charge in [-0.1, -0.05) is 76.5 Å². The summed E-state index contributed by atoms with van der Waals surface area (Å²) in [6, 6.07) is 12.1. The van der Waals surface area contributed by atoms with Crippen molar-refractivity contribution in [2.75, 3.05) is 6.61 Å². The molecule has 2 aromatic rings. The van der Waals surface area contributed by atoms with E-state index in [-0.39, 0.29) is 11.1 Å². The van der Waals surface area contributed by atoms with E-state index >= 15 is 0 Å². The summed E-state index contributed by atoms with van der Waals surface area (Å²) in [5.74, 6) is -0.572. The molecule has 0 radical (unpaired) electrons. The minimum Gasteiger partial charge on any atom is -0.462 e. The molecule has 0 unspecified atom stereocenters. The molecule has 0 aliphatic heterocycles. The van der Waals surface area contributed by atoms with Gasteiger partial charge in [-0.3, -0.25) is 0 Å². The number of unbranched alkanes of at least 4 members (excludes halogenated alkanes) is 8. The third-order valence-electron chi connectivity index (χ3n) is 5.54. The lowest BCUT2D eigenvalue weighted by Gasteiger charge is -2.10. The number of rotatable bonds is 13. The van der Waals surface area contributed by atoms with Crippen LogP contribution in [0.5, 0.6) is 5.75 Å². The topological polar surface area (TPSA) is 52.6 Å². The highest BCUT2D eigenvalue weighted by molar-refractivity contribution is 6.03. The van der Waals surface area contributed by atoms with Gasteiger partial charge in [-0.2, -0.15) is 0 Å². The van der Waals surface area contributed by atoms with Gasteiger partial charge in [-0.05, 0) is 55.7 Å². The largest absolute Gasteiger partial charge is 0.462 e. The Morgan fingerprint density at radius 3 is 1.90 bits per heavy atom. The third kappa shape index (κ3) is 8.56. The highest BCUT2D eigenvalue weighted by Crippen LogP contribution is 2.19. The summed E-state index contributed by atoms with van der Waals surface area (Å²) in [6.07, 6.45) is 10.8. The molecule has 0 fully saturated rings. The van der Waals surface area contributed by atoms with Gasteiger partial charge >= 0.3 is 11.9 Å². The monoisotopic (exact) mass is 424 g/mol. The van der Waals surface area contributed by atoms with E-state index in [1.165, 1.54) is 44.9 Å². The Bertz CT molecular complexity index is 841. The van der Waals surface area contributed by atoms with E-state index in [9.17, 15) is 9.59 Å². The van der Waals surface area contributed by atoms with E-state index in [0.29, 0.717) is 12.4 Å². The van der Waals surface area contributed by atoms with E-state index < -0.39 is 11.9 Å². The molecule has 4 nitrogen and oxygen atoms in total. The van der Waals surface area contributed by atoms with Crippen LogP contribution in [0, 0.1) is 13.8 Å². The second kappa shape index (κ2) is 13.6. The Hall–Kier alpha value is -2.62. The van der Waals surface area contributed by atoms with E-state index in [1.54, 1.807) is 30.3 Å². The van der Waals surface area contributed by atoms with Gasteiger partial charge < -0.3 is 9.47 Å². The molecule has 2 aromatic carbocycles. The fourth-order valence-electron chi connectivity index (χ4n) is 3.43. The fourth-order valence-corrected chi connectivity index (χ4v) is 3.43. The lowest BCUT2D eigenvalue weighted by Crippen LogP contribution is -2.16. The van der Waals surface area contributed by atoms with Crippen molar-refractivity contribution in [3.63, 3.8) is 0 Å². The summed E-state index contributed by atoms with van der Waals surface area (Å²) in [5, 5.41) is 0. The van der Waals surface area contributed by atoms with Crippen molar-refractivity contribution in [2.45, 2.75) is 78.6 Å². The van der Waals surface area contributed by atoms with Crippen molar-refractivity contribution in [2.24, 2.45) is 0 Å². The summed E-state index contributed by atoms with van der Waals surface area (Å²) in [7, 11) is 0. The first-order valence-electron chi connectivity index (χ1n) is 11.6. The Morgan fingerprint density at radius 2 is 1.29 bits per heavy atom. The second-order valence-corrected chi connectivity index (χ2v) is 8.15. The molecule has 0 spiro atoms. The van der Waals surface area contributed by atoms with Gasteiger partial charge in [0.2, 0.25) is 0 Å². The van der Waals surface area contributed by atoms with Gasteiger partial charge in [-0.25, -0.2) is 9.59 Å². The van der Waals surface area contributed by atoms with E-state index in [2.05, 4.69) is 6.92 Å². The number of ether oxygens (including phenoxy) is 2. The van der Waals surface area contributed by atoms with Crippen LogP contribution < -0.4 is 4.74 Å². The van der Waals surface area contributed by atoms with Gasteiger partial charge in [0.15, 0.2) is 0 Å². The first-order chi connectivity index (χ1) is 15.0. The highest BCUT2D eigenvalue weighted by Gasteiger charge is 2.19. The molecule has 0 aliphatic rings. The van der Waals surface area contributed by atoms with E-state index in [0.717, 1.165) is 24.0 Å². The standard InChI is InChI=1S/C27H36O4/c1-4-5-6-7-8-9-10-11-14-19-30-26(28)24-15-12-13-16-25(24)27(29)31-23-18-17-21(2)22(3)20-23/h12-13,15-18,20H,4-11,14,19H2,1-3H3. The molecule has 31 heavy (non-hydrogen) atoms. The zero-order chi connectivity index (χ0) is 22.5. The quantitative estimate of drug-likeness (QED) is 0.194. The van der Waals surface area contributed by atoms with Crippen LogP contribution >= 0.6 is 0 Å². The molecule has 0 heterocycles. The van der Waals surface area contributed by atoms with Crippen LogP contribution in [0.25, 0.3) is 0 Å². The molecule has 4 heteroatoms. The van der Waals surface area contributed by atoms with Gasteiger partial charge in [-0.15, -0.1) is 0 Å². The maximum atomic E-state index is 12.6. The molecular formula is C27H36O4. The molecular weight excluding hydrogens is 388 g/mol. The van der Waals surface area contributed by atoms with Gasteiger partial charge in [0.05, 0.1) is 17.7 Å². The molecule has 0 atom stereocenters. The highest BCUT2D eigenvalue weighted by atomic mass is 16.5. The van der Waals surface area contributed by atoms with Gasteiger partial charge in [0.25, 0.3) is 0 Å². The first kappa shape index (κ1) is 24.6. The Balaban J connectivity index is 1.79. The number of carbonyl (C=O) groups excluding carboxylic acids is 2. The molecule has 0 amide bonds. The zero-order valence-electron chi connectivity index (χ0n) is 19.2. The van der Waals surface area contributed by atoms with E-state index in [4.69, 9.17) is 9.47 Å². The minimum atomic E-state index is -0.557. The Morgan fingerprint density at radius 1 is 0.710 bits per heavy atom. The van der Waals surface area contributed by atoms with Gasteiger partial charge in [0.1, 0.15) is 5.75 Å². The first-order valence-corrected chi connectivity index (χ1v) is 11.6. The summed E-state index contributed by atoms with van der Waals surface area (Å²) in [5.41, 5.74) is 2.63. The summed E-state index contributed by atoms with van der Waals surface area (Å²) >= 11 is 0. The van der Waals surface area contributed by atoms with Crippen molar-refractivity contribution < 1.29 is 19.1 Å². The fraction of sp³-hybridized carbons (Fsp3) is 0.481. The van der Waals surface area contributed by atoms with Crippen molar-refractivity contribution in [3.05, 3.63) is 64.7 Å². The smallest absolute Gasteiger partial charge is 0.344 e. The van der Waals surface area contributed by atoms with Crippen LogP contribution in [0.1, 0.15) is 96.6 Å². The summed E-state index contributed by atoms with van der Waals surface area (Å²) in [4.78, 5) is 25.2. The molecule has 0 aromatic heterocycles. The Kier molecular flexibility index (Phi) is 10.8. The number of benzene rings is 2. The average molecular weight is 425 g/mol. The molecule has 0 saturated carbocycles. The van der Waals surface area contributed by atoms with Crippen LogP contribution in [0.4, 0.5) is 0 Å². The van der Waals surface area contributed by atoms with Crippen molar-refractivity contribution in [3.8, 4) is 5.75 Å². The Labute approximate surface area is 187 Å².